The molecule has 4 nitrogen and oxygen atoms in total. The summed E-state index contributed by atoms with van der Waals surface area (Å²) in [4.78, 5) is 3.39. The first-order valence-electron chi connectivity index (χ1n) is 9.86. The van der Waals surface area contributed by atoms with Crippen LogP contribution < -0.4 is 4.74 Å². The number of hydrogen-bond acceptors (Lipinski definition) is 4. The Morgan fingerprint density at radius 1 is 1.11 bits per heavy atom. The molecule has 0 bridgehead atoms. The number of phenolic OH excluding ortho intramolecular Hbond substituents is 1. The summed E-state index contributed by atoms with van der Waals surface area (Å²) in [5.74, 6) is 0.698. The van der Waals surface area contributed by atoms with E-state index in [0.29, 0.717) is 5.75 Å². The van der Waals surface area contributed by atoms with Gasteiger partial charge in [0.2, 0.25) is 0 Å². The molecule has 5 heteroatoms. The summed E-state index contributed by atoms with van der Waals surface area (Å²) in [5, 5.41) is 9.74. The van der Waals surface area contributed by atoms with Crippen LogP contribution in [0.15, 0.2) is 41.3 Å². The fraction of sp³-hybridized carbons (Fsp3) is 0.478. The zero-order valence-corrected chi connectivity index (χ0v) is 18.7. The SMILES string of the molecule is CC.COc1cc(CCC(C)(C)N2Cc3ccc(S(C)=O)cc3C2)ccc1O. The topological polar surface area (TPSA) is 49.8 Å². The first kappa shape index (κ1) is 22.4. The van der Waals surface area contributed by atoms with Gasteiger partial charge in [-0.1, -0.05) is 26.0 Å². The van der Waals surface area contributed by atoms with E-state index in [9.17, 15) is 9.32 Å². The van der Waals surface area contributed by atoms with Crippen LogP contribution in [0.2, 0.25) is 0 Å². The van der Waals surface area contributed by atoms with Crippen molar-refractivity contribution in [1.82, 2.24) is 4.90 Å². The first-order valence-corrected chi connectivity index (χ1v) is 11.4. The maximum absolute atomic E-state index is 11.7. The molecule has 154 valence electrons. The quantitative estimate of drug-likeness (QED) is 0.746. The number of hydrogen-bond donors (Lipinski definition) is 1. The minimum absolute atomic E-state index is 0.0374. The highest BCUT2D eigenvalue weighted by Crippen LogP contribution is 2.34. The van der Waals surface area contributed by atoms with Crippen LogP contribution in [0.25, 0.3) is 0 Å². The monoisotopic (exact) mass is 403 g/mol. The summed E-state index contributed by atoms with van der Waals surface area (Å²) in [5.41, 5.74) is 3.82. The molecule has 1 unspecified atom stereocenters. The van der Waals surface area contributed by atoms with Gasteiger partial charge in [-0.05, 0) is 67.6 Å². The van der Waals surface area contributed by atoms with Gasteiger partial charge < -0.3 is 9.84 Å². The van der Waals surface area contributed by atoms with Crippen LogP contribution >= 0.6 is 0 Å². The fourth-order valence-corrected chi connectivity index (χ4v) is 4.03. The molecule has 0 aromatic heterocycles. The molecule has 1 atom stereocenters. The molecule has 1 heterocycles. The number of phenols is 1. The number of nitrogens with zero attached hydrogens (tertiary/aromatic N) is 1. The molecule has 2 aromatic carbocycles. The van der Waals surface area contributed by atoms with Gasteiger partial charge in [0, 0.05) is 40.6 Å². The highest BCUT2D eigenvalue weighted by atomic mass is 32.2. The van der Waals surface area contributed by atoms with Crippen LogP contribution in [0.4, 0.5) is 0 Å². The Morgan fingerprint density at radius 3 is 2.43 bits per heavy atom. The van der Waals surface area contributed by atoms with Crippen molar-refractivity contribution in [1.29, 1.82) is 0 Å². The largest absolute Gasteiger partial charge is 0.504 e. The van der Waals surface area contributed by atoms with Crippen LogP contribution in [0.5, 0.6) is 11.5 Å². The number of aromatic hydroxyl groups is 1. The number of benzene rings is 2. The Bertz CT molecular complexity index is 833. The lowest BCUT2D eigenvalue weighted by Crippen LogP contribution is -2.40. The van der Waals surface area contributed by atoms with Gasteiger partial charge in [0.05, 0.1) is 7.11 Å². The van der Waals surface area contributed by atoms with Gasteiger partial charge in [-0.25, -0.2) is 0 Å². The van der Waals surface area contributed by atoms with E-state index in [1.165, 1.54) is 11.1 Å². The zero-order chi connectivity index (χ0) is 20.9. The average Bonchev–Trinajstić information content (AvgIpc) is 3.13. The Labute approximate surface area is 172 Å². The summed E-state index contributed by atoms with van der Waals surface area (Å²) in [7, 11) is 0.633. The van der Waals surface area contributed by atoms with Crippen LogP contribution in [0, 0.1) is 0 Å². The van der Waals surface area contributed by atoms with E-state index < -0.39 is 10.8 Å². The normalized spacial score (nSPS) is 14.8. The third-order valence-electron chi connectivity index (χ3n) is 5.36. The van der Waals surface area contributed by atoms with Crippen LogP contribution in [-0.2, 0) is 30.3 Å². The lowest BCUT2D eigenvalue weighted by molar-refractivity contribution is 0.109. The summed E-state index contributed by atoms with van der Waals surface area (Å²) in [6.45, 7) is 10.4. The third kappa shape index (κ3) is 5.15. The Balaban J connectivity index is 0.00000136. The van der Waals surface area contributed by atoms with E-state index in [1.54, 1.807) is 19.4 Å². The Kier molecular flexibility index (Phi) is 7.67. The van der Waals surface area contributed by atoms with Crippen LogP contribution in [-0.4, -0.2) is 33.1 Å². The van der Waals surface area contributed by atoms with Gasteiger partial charge in [0.25, 0.3) is 0 Å². The van der Waals surface area contributed by atoms with E-state index >= 15 is 0 Å². The minimum Gasteiger partial charge on any atom is -0.504 e. The fourth-order valence-electron chi connectivity index (χ4n) is 3.46. The molecule has 2 aromatic rings. The van der Waals surface area contributed by atoms with Crippen molar-refractivity contribution in [3.8, 4) is 11.5 Å². The van der Waals surface area contributed by atoms with Crippen molar-refractivity contribution in [3.63, 3.8) is 0 Å². The molecule has 1 aliphatic rings. The molecule has 0 saturated heterocycles. The smallest absolute Gasteiger partial charge is 0.160 e. The molecular formula is C23H33NO3S. The van der Waals surface area contributed by atoms with Crippen molar-refractivity contribution >= 4 is 10.8 Å². The second-order valence-electron chi connectivity index (χ2n) is 7.56. The number of aryl methyl sites for hydroxylation is 1. The van der Waals surface area contributed by atoms with Crippen molar-refractivity contribution in [2.24, 2.45) is 0 Å². The molecule has 1 N–H and O–H groups in total. The number of fused-ring (bicyclic) bond motifs is 1. The zero-order valence-electron chi connectivity index (χ0n) is 17.9. The molecule has 3 rings (SSSR count). The first-order chi connectivity index (χ1) is 13.3. The van der Waals surface area contributed by atoms with Gasteiger partial charge in [-0.15, -0.1) is 0 Å². The molecule has 0 aliphatic carbocycles. The number of methoxy groups -OCH3 is 1. The lowest BCUT2D eigenvalue weighted by Gasteiger charge is -2.35. The van der Waals surface area contributed by atoms with E-state index in [1.807, 2.05) is 32.0 Å². The second kappa shape index (κ2) is 9.57. The highest BCUT2D eigenvalue weighted by Gasteiger charge is 2.31. The maximum Gasteiger partial charge on any atom is 0.160 e. The molecular weight excluding hydrogens is 370 g/mol. The Morgan fingerprint density at radius 2 is 1.79 bits per heavy atom. The molecule has 1 aliphatic heterocycles. The summed E-state index contributed by atoms with van der Waals surface area (Å²) in [6.07, 6.45) is 3.65. The van der Waals surface area contributed by atoms with Crippen LogP contribution in [0.3, 0.4) is 0 Å². The molecule has 0 radical (unpaired) electrons. The summed E-state index contributed by atoms with van der Waals surface area (Å²) in [6, 6.07) is 11.7. The van der Waals surface area contributed by atoms with Gasteiger partial charge in [0.15, 0.2) is 11.5 Å². The Hall–Kier alpha value is -1.85. The van der Waals surface area contributed by atoms with Gasteiger partial charge in [-0.2, -0.15) is 0 Å². The van der Waals surface area contributed by atoms with Crippen molar-refractivity contribution in [2.75, 3.05) is 13.4 Å². The molecule has 0 spiro atoms. The van der Waals surface area contributed by atoms with Crippen molar-refractivity contribution < 1.29 is 14.1 Å². The maximum atomic E-state index is 11.7. The number of ether oxygens (including phenoxy) is 1. The van der Waals surface area contributed by atoms with Crippen molar-refractivity contribution in [2.45, 2.75) is 64.1 Å². The van der Waals surface area contributed by atoms with E-state index in [2.05, 4.69) is 30.9 Å². The number of rotatable bonds is 6. The highest BCUT2D eigenvalue weighted by molar-refractivity contribution is 7.84. The van der Waals surface area contributed by atoms with Crippen LogP contribution in [0.1, 0.15) is 50.8 Å². The predicted molar refractivity (Wildman–Crippen MR) is 116 cm³/mol. The lowest BCUT2D eigenvalue weighted by atomic mass is 9.93. The second-order valence-corrected chi connectivity index (χ2v) is 8.94. The average molecular weight is 404 g/mol. The van der Waals surface area contributed by atoms with E-state index in [0.717, 1.165) is 36.4 Å². The predicted octanol–water partition coefficient (Wildman–Crippen LogP) is 4.89. The molecule has 0 amide bonds. The van der Waals surface area contributed by atoms with Gasteiger partial charge >= 0.3 is 0 Å². The van der Waals surface area contributed by atoms with Gasteiger partial charge in [0.1, 0.15) is 0 Å². The molecule has 0 fully saturated rings. The van der Waals surface area contributed by atoms with Crippen molar-refractivity contribution in [3.05, 3.63) is 53.1 Å². The minimum atomic E-state index is -0.938. The van der Waals surface area contributed by atoms with Gasteiger partial charge in [-0.3, -0.25) is 9.11 Å². The summed E-state index contributed by atoms with van der Waals surface area (Å²) >= 11 is 0. The van der Waals surface area contributed by atoms with E-state index in [4.69, 9.17) is 4.74 Å². The summed E-state index contributed by atoms with van der Waals surface area (Å²) < 4.78 is 16.9. The molecule has 0 saturated carbocycles. The van der Waals surface area contributed by atoms with E-state index in [-0.39, 0.29) is 11.3 Å². The standard InChI is InChI=1S/C21H27NO3S.C2H6/c1-21(2,10-9-15-5-8-19(23)20(11-15)25-3)22-13-16-6-7-18(26(4)24)12-17(16)14-22;1-2/h5-8,11-12,23H,9-10,13-14H2,1-4H3;1-2H3. The third-order valence-corrected chi connectivity index (χ3v) is 6.28. The molecule has 28 heavy (non-hydrogen) atoms.